The maximum atomic E-state index is 13.8. The van der Waals surface area contributed by atoms with E-state index in [0.717, 1.165) is 0 Å². The van der Waals surface area contributed by atoms with Crippen molar-refractivity contribution >= 4 is 29.6 Å². The smallest absolute Gasteiger partial charge is 0.414 e. The molecule has 1 amide bonds. The second-order valence-electron chi connectivity index (χ2n) is 12.8. The van der Waals surface area contributed by atoms with Crippen LogP contribution in [0, 0.1) is 0 Å². The lowest BCUT2D eigenvalue weighted by Gasteiger charge is -2.28. The number of imidazole rings is 1. The van der Waals surface area contributed by atoms with E-state index in [1.165, 1.54) is 12.0 Å². The van der Waals surface area contributed by atoms with Crippen molar-refractivity contribution in [1.82, 2.24) is 9.55 Å². The number of anilines is 1. The lowest BCUT2D eigenvalue weighted by Crippen LogP contribution is -2.38. The van der Waals surface area contributed by atoms with Gasteiger partial charge in [0.1, 0.15) is 29.1 Å². The molecule has 12 heteroatoms. The number of hydrogen-bond donors (Lipinski definition) is 0. The van der Waals surface area contributed by atoms with Crippen molar-refractivity contribution in [1.29, 1.82) is 0 Å². The zero-order chi connectivity index (χ0) is 33.6. The molecule has 2 aromatic rings. The van der Waals surface area contributed by atoms with Crippen molar-refractivity contribution in [2.45, 2.75) is 97.6 Å². The van der Waals surface area contributed by atoms with E-state index in [2.05, 4.69) is 4.98 Å². The minimum absolute atomic E-state index is 0.111. The minimum atomic E-state index is -0.937. The number of hydrogen-bond acceptors (Lipinski definition) is 10. The van der Waals surface area contributed by atoms with Crippen LogP contribution in [-0.4, -0.2) is 77.5 Å². The van der Waals surface area contributed by atoms with Gasteiger partial charge in [-0.25, -0.2) is 14.6 Å². The Morgan fingerprint density at radius 3 is 2.63 bits per heavy atom. The number of aromatic nitrogens is 2. The predicted octanol–water partition coefficient (Wildman–Crippen LogP) is 5.70. The van der Waals surface area contributed by atoms with Crippen LogP contribution in [0.25, 0.3) is 6.08 Å². The molecule has 1 aromatic heterocycles. The summed E-state index contributed by atoms with van der Waals surface area (Å²) in [5.41, 5.74) is 0.957. The standard InChI is InChI=1S/C34H45N3O9/c1-22-12-13-26(38)30-27(44-34(6,7)45-30)11-9-10-24-18-25(19-28(42-21-41-8)29(24)31(39)43-23(22)2)37(32(40)46-33(3,4)5)17-16-36-15-14-35-20-36/h9-10,12,14-15,18-20,23,27,30H,11,13,16-17,21H2,1-8H3/t23-,27-,30+/m0/s1. The number of methoxy groups -OCH3 is 1. The summed E-state index contributed by atoms with van der Waals surface area (Å²) in [4.78, 5) is 46.1. The summed E-state index contributed by atoms with van der Waals surface area (Å²) >= 11 is 0. The van der Waals surface area contributed by atoms with Crippen LogP contribution in [0.15, 0.2) is 48.6 Å². The number of amides is 1. The van der Waals surface area contributed by atoms with Gasteiger partial charge in [-0.05, 0) is 72.1 Å². The van der Waals surface area contributed by atoms with Crippen molar-refractivity contribution in [2.24, 2.45) is 0 Å². The molecule has 0 bridgehead atoms. The molecule has 250 valence electrons. The molecule has 0 spiro atoms. The number of cyclic esters (lactones) is 1. The normalized spacial score (nSPS) is 21.8. The van der Waals surface area contributed by atoms with Gasteiger partial charge in [0.25, 0.3) is 0 Å². The van der Waals surface area contributed by atoms with E-state index in [4.69, 9.17) is 28.4 Å². The number of Topliss-reactive ketones (excluding diaryl/α,β-unsaturated/α-hetero) is 1. The van der Waals surface area contributed by atoms with E-state index >= 15 is 0 Å². The highest BCUT2D eigenvalue weighted by molar-refractivity contribution is 5.99. The fourth-order valence-electron chi connectivity index (χ4n) is 5.11. The number of rotatable bonds is 7. The molecular weight excluding hydrogens is 594 g/mol. The number of nitrogens with zero attached hydrogens (tertiary/aromatic N) is 3. The number of esters is 1. The van der Waals surface area contributed by atoms with Crippen molar-refractivity contribution in [3.05, 3.63) is 59.7 Å². The topological polar surface area (TPSA) is 128 Å². The van der Waals surface area contributed by atoms with Gasteiger partial charge in [-0.15, -0.1) is 0 Å². The monoisotopic (exact) mass is 639 g/mol. The number of carbonyl (C=O) groups is 3. The maximum Gasteiger partial charge on any atom is 0.414 e. The summed E-state index contributed by atoms with van der Waals surface area (Å²) in [5.74, 6) is -1.53. The summed E-state index contributed by atoms with van der Waals surface area (Å²) in [6.45, 7) is 13.0. The first-order valence-corrected chi connectivity index (χ1v) is 15.4. The number of benzene rings is 1. The molecule has 12 nitrogen and oxygen atoms in total. The van der Waals surface area contributed by atoms with Gasteiger partial charge in [0.2, 0.25) is 0 Å². The third kappa shape index (κ3) is 9.05. The highest BCUT2D eigenvalue weighted by atomic mass is 16.8. The third-order valence-electron chi connectivity index (χ3n) is 7.44. The fourth-order valence-corrected chi connectivity index (χ4v) is 5.11. The van der Waals surface area contributed by atoms with Gasteiger partial charge in [-0.3, -0.25) is 9.69 Å². The van der Waals surface area contributed by atoms with E-state index in [1.54, 1.807) is 91.5 Å². The second kappa shape index (κ2) is 14.6. The molecule has 1 aromatic carbocycles. The Balaban J connectivity index is 1.84. The zero-order valence-corrected chi connectivity index (χ0v) is 27.9. The molecule has 2 aliphatic heterocycles. The van der Waals surface area contributed by atoms with Crippen molar-refractivity contribution in [3.63, 3.8) is 0 Å². The van der Waals surface area contributed by atoms with Crippen molar-refractivity contribution in [3.8, 4) is 5.75 Å². The third-order valence-corrected chi connectivity index (χ3v) is 7.44. The van der Waals surface area contributed by atoms with Crippen LogP contribution in [0.3, 0.4) is 0 Å². The quantitative estimate of drug-likeness (QED) is 0.212. The van der Waals surface area contributed by atoms with Crippen LogP contribution in [0.2, 0.25) is 0 Å². The highest BCUT2D eigenvalue weighted by Crippen LogP contribution is 2.35. The SMILES string of the molecule is COCOc1cc(N(CCn2ccnc2)C(=O)OC(C)(C)C)cc2c1C(=O)O[C@@H](C)C(C)=CCC(=O)[C@H]1OC(C)(C)O[C@H]1CC=C2. The molecule has 0 unspecified atom stereocenters. The van der Waals surface area contributed by atoms with Crippen molar-refractivity contribution < 1.29 is 42.8 Å². The lowest BCUT2D eigenvalue weighted by atomic mass is 9.99. The molecular formula is C34H45N3O9. The summed E-state index contributed by atoms with van der Waals surface area (Å²) in [7, 11) is 1.47. The fraction of sp³-hybridized carbons (Fsp3) is 0.529. The number of ketones is 1. The lowest BCUT2D eigenvalue weighted by molar-refractivity contribution is -0.154. The average Bonchev–Trinajstić information content (AvgIpc) is 3.60. The summed E-state index contributed by atoms with van der Waals surface area (Å²) in [6.07, 6.45) is 8.33. The van der Waals surface area contributed by atoms with E-state index in [-0.39, 0.29) is 36.9 Å². The first-order valence-electron chi connectivity index (χ1n) is 15.4. The van der Waals surface area contributed by atoms with Crippen molar-refractivity contribution in [2.75, 3.05) is 25.3 Å². The van der Waals surface area contributed by atoms with Gasteiger partial charge in [0.05, 0.1) is 18.1 Å². The molecule has 4 rings (SSSR count). The van der Waals surface area contributed by atoms with Gasteiger partial charge in [-0.1, -0.05) is 18.2 Å². The zero-order valence-electron chi connectivity index (χ0n) is 27.9. The first-order chi connectivity index (χ1) is 21.7. The molecule has 2 aliphatic rings. The number of fused-ring (bicyclic) bond motifs is 2. The van der Waals surface area contributed by atoms with Gasteiger partial charge in [0.15, 0.2) is 18.4 Å². The van der Waals surface area contributed by atoms with Crippen LogP contribution in [0.1, 0.15) is 77.2 Å². The average molecular weight is 640 g/mol. The maximum absolute atomic E-state index is 13.8. The first kappa shape index (κ1) is 34.9. The molecule has 3 heterocycles. The summed E-state index contributed by atoms with van der Waals surface area (Å²) in [6, 6.07) is 3.31. The minimum Gasteiger partial charge on any atom is -0.467 e. The van der Waals surface area contributed by atoms with Gasteiger partial charge in [-0.2, -0.15) is 0 Å². The predicted molar refractivity (Wildman–Crippen MR) is 170 cm³/mol. The molecule has 3 atom stereocenters. The van der Waals surface area contributed by atoms with Crippen LogP contribution in [0.4, 0.5) is 10.5 Å². The highest BCUT2D eigenvalue weighted by Gasteiger charge is 2.44. The van der Waals surface area contributed by atoms with E-state index in [1.807, 2.05) is 10.6 Å². The van der Waals surface area contributed by atoms with Gasteiger partial charge in [0, 0.05) is 45.1 Å². The van der Waals surface area contributed by atoms with E-state index in [9.17, 15) is 14.4 Å². The Labute approximate surface area is 270 Å². The van der Waals surface area contributed by atoms with Crippen LogP contribution < -0.4 is 9.64 Å². The largest absolute Gasteiger partial charge is 0.467 e. The number of carbonyl (C=O) groups excluding carboxylic acids is 3. The summed E-state index contributed by atoms with van der Waals surface area (Å²) in [5, 5.41) is 0. The van der Waals surface area contributed by atoms with Crippen LogP contribution in [0.5, 0.6) is 5.75 Å². The number of allylic oxidation sites excluding steroid dienone is 1. The molecule has 0 N–H and O–H groups in total. The second-order valence-corrected chi connectivity index (χ2v) is 12.8. The Morgan fingerprint density at radius 1 is 1.20 bits per heavy atom. The van der Waals surface area contributed by atoms with E-state index < -0.39 is 41.8 Å². The Morgan fingerprint density at radius 2 is 1.96 bits per heavy atom. The van der Waals surface area contributed by atoms with Gasteiger partial charge < -0.3 is 33.0 Å². The molecule has 1 fully saturated rings. The van der Waals surface area contributed by atoms with Crippen LogP contribution in [-0.2, 0) is 35.0 Å². The molecule has 0 saturated carbocycles. The molecule has 0 radical (unpaired) electrons. The molecule has 0 aliphatic carbocycles. The van der Waals surface area contributed by atoms with E-state index in [0.29, 0.717) is 29.8 Å². The Kier molecular flexibility index (Phi) is 11.1. The Bertz CT molecular complexity index is 1460. The van der Waals surface area contributed by atoms with Gasteiger partial charge >= 0.3 is 12.1 Å². The van der Waals surface area contributed by atoms with Crippen LogP contribution >= 0.6 is 0 Å². The summed E-state index contributed by atoms with van der Waals surface area (Å²) < 4.78 is 36.7. The molecule has 1 saturated heterocycles. The Hall–Kier alpha value is -4.00. The molecule has 46 heavy (non-hydrogen) atoms. The number of ether oxygens (including phenoxy) is 6.